The molecule has 0 aromatic carbocycles. The van der Waals surface area contributed by atoms with Gasteiger partial charge in [0.15, 0.2) is 0 Å². The monoisotopic (exact) mass is 181 g/mol. The van der Waals surface area contributed by atoms with Crippen LogP contribution in [0, 0.1) is 13.8 Å². The molecule has 64 valence electrons. The molecule has 0 aromatic heterocycles. The van der Waals surface area contributed by atoms with E-state index in [0.717, 1.165) is 0 Å². The van der Waals surface area contributed by atoms with E-state index in [2.05, 4.69) is 20.3 Å². The number of rotatable bonds is 6. The quantitative estimate of drug-likeness (QED) is 0.326. The van der Waals surface area contributed by atoms with Crippen molar-refractivity contribution < 1.29 is 51.4 Å². The van der Waals surface area contributed by atoms with E-state index in [1.807, 2.05) is 0 Å². The number of hydrogen-bond acceptors (Lipinski definition) is 0. The van der Waals surface area contributed by atoms with Gasteiger partial charge in [0.2, 0.25) is 0 Å². The molecule has 11 heavy (non-hydrogen) atoms. The van der Waals surface area contributed by atoms with E-state index in [4.69, 9.17) is 0 Å². The zero-order valence-corrected chi connectivity index (χ0v) is 11.9. The third kappa shape index (κ3) is 18.5. The number of hydrogen-bond donors (Lipinski definition) is 0. The fraction of sp³-hybridized carbons (Fsp3) is 0.800. The maximum absolute atomic E-state index is 2.26. The second-order valence-electron chi connectivity index (χ2n) is 2.61. The standard InChI is InChI=1S/C9H19.CH3.K/c1-3-5-7-9-8-6-4-2;;/h3H,4-9H2,1-2H3;1H3;/q2*-1;+1. The second kappa shape index (κ2) is 17.6. The summed E-state index contributed by atoms with van der Waals surface area (Å²) >= 11 is 0. The summed E-state index contributed by atoms with van der Waals surface area (Å²) in [4.78, 5) is 0. The van der Waals surface area contributed by atoms with Gasteiger partial charge in [-0.2, -0.15) is 13.3 Å². The summed E-state index contributed by atoms with van der Waals surface area (Å²) < 4.78 is 0. The minimum absolute atomic E-state index is 0. The first kappa shape index (κ1) is 18.4. The molecule has 0 spiro atoms. The molecule has 0 heterocycles. The van der Waals surface area contributed by atoms with Crippen molar-refractivity contribution in [3.63, 3.8) is 0 Å². The summed E-state index contributed by atoms with van der Waals surface area (Å²) in [5, 5.41) is 0. The Morgan fingerprint density at radius 3 is 2.00 bits per heavy atom. The topological polar surface area (TPSA) is 0 Å². The first-order valence-corrected chi connectivity index (χ1v) is 4.19. The Hall–Kier alpha value is 1.64. The molecule has 0 fully saturated rings. The third-order valence-corrected chi connectivity index (χ3v) is 1.60. The van der Waals surface area contributed by atoms with Crippen LogP contribution in [0.1, 0.15) is 52.4 Å². The molecular weight excluding hydrogens is 159 g/mol. The van der Waals surface area contributed by atoms with Crippen molar-refractivity contribution in [2.75, 3.05) is 0 Å². The molecule has 0 aliphatic heterocycles. The minimum atomic E-state index is 0. The van der Waals surface area contributed by atoms with Gasteiger partial charge >= 0.3 is 51.4 Å². The van der Waals surface area contributed by atoms with E-state index >= 15 is 0 Å². The summed E-state index contributed by atoms with van der Waals surface area (Å²) in [5.41, 5.74) is 0. The maximum Gasteiger partial charge on any atom is 1.00 e. The molecule has 0 atom stereocenters. The summed E-state index contributed by atoms with van der Waals surface area (Å²) in [5.74, 6) is 0. The Kier molecular flexibility index (Phi) is 29.6. The van der Waals surface area contributed by atoms with E-state index < -0.39 is 0 Å². The van der Waals surface area contributed by atoms with Crippen LogP contribution in [-0.4, -0.2) is 0 Å². The van der Waals surface area contributed by atoms with Crippen LogP contribution in [0.3, 0.4) is 0 Å². The summed E-state index contributed by atoms with van der Waals surface area (Å²) in [6.07, 6.45) is 10.6. The predicted molar refractivity (Wildman–Crippen MR) is 49.8 cm³/mol. The van der Waals surface area contributed by atoms with Crippen molar-refractivity contribution in [2.24, 2.45) is 0 Å². The maximum atomic E-state index is 2.26. The Bertz CT molecular complexity index is 38.1. The average Bonchev–Trinajstić information content (AvgIpc) is 1.89. The van der Waals surface area contributed by atoms with Crippen LogP contribution >= 0.6 is 0 Å². The van der Waals surface area contributed by atoms with Crippen molar-refractivity contribution in [2.45, 2.75) is 52.4 Å². The molecule has 0 radical (unpaired) electrons. The van der Waals surface area contributed by atoms with Crippen molar-refractivity contribution >= 4 is 0 Å². The van der Waals surface area contributed by atoms with Gasteiger partial charge in [0.05, 0.1) is 0 Å². The van der Waals surface area contributed by atoms with Crippen LogP contribution in [0.25, 0.3) is 0 Å². The average molecular weight is 181 g/mol. The van der Waals surface area contributed by atoms with Gasteiger partial charge in [-0.1, -0.05) is 39.0 Å². The zero-order valence-electron chi connectivity index (χ0n) is 8.82. The van der Waals surface area contributed by atoms with Gasteiger partial charge < -0.3 is 13.8 Å². The molecule has 0 aliphatic rings. The van der Waals surface area contributed by atoms with Crippen molar-refractivity contribution in [3.05, 3.63) is 13.8 Å². The van der Waals surface area contributed by atoms with Crippen LogP contribution in [0.15, 0.2) is 0 Å². The molecule has 0 N–H and O–H groups in total. The molecule has 1 heteroatoms. The van der Waals surface area contributed by atoms with Crippen LogP contribution in [0.4, 0.5) is 0 Å². The molecule has 0 nitrogen and oxygen atoms in total. The van der Waals surface area contributed by atoms with Gasteiger partial charge in [-0.25, -0.2) is 0 Å². The Labute approximate surface area is 116 Å². The fourth-order valence-electron chi connectivity index (χ4n) is 0.952. The Morgan fingerprint density at radius 2 is 1.55 bits per heavy atom. The van der Waals surface area contributed by atoms with E-state index in [9.17, 15) is 0 Å². The first-order valence-electron chi connectivity index (χ1n) is 4.19. The van der Waals surface area contributed by atoms with Gasteiger partial charge in [-0.15, -0.1) is 0 Å². The summed E-state index contributed by atoms with van der Waals surface area (Å²) in [6, 6.07) is 0. The second-order valence-corrected chi connectivity index (χ2v) is 2.61. The van der Waals surface area contributed by atoms with Gasteiger partial charge in [0.1, 0.15) is 0 Å². The SMILES string of the molecule is C[CH-]CCCCCCC.[CH3-].[K+]. The molecule has 0 amide bonds. The summed E-state index contributed by atoms with van der Waals surface area (Å²) in [6.45, 7) is 4.39. The third-order valence-electron chi connectivity index (χ3n) is 1.60. The smallest absolute Gasteiger partial charge is 0.358 e. The molecule has 0 saturated heterocycles. The van der Waals surface area contributed by atoms with Gasteiger partial charge in [-0.3, -0.25) is 0 Å². The van der Waals surface area contributed by atoms with Gasteiger partial charge in [0, 0.05) is 0 Å². The predicted octanol–water partition coefficient (Wildman–Crippen LogP) is 1.03. The molecule has 0 rings (SSSR count). The van der Waals surface area contributed by atoms with Crippen LogP contribution in [-0.2, 0) is 0 Å². The molecule has 0 bridgehead atoms. The Balaban J connectivity index is -0.000000320. The minimum Gasteiger partial charge on any atom is -0.358 e. The van der Waals surface area contributed by atoms with Gasteiger partial charge in [-0.05, 0) is 0 Å². The van der Waals surface area contributed by atoms with Crippen LogP contribution in [0.2, 0.25) is 0 Å². The molecule has 0 aliphatic carbocycles. The fourth-order valence-corrected chi connectivity index (χ4v) is 0.952. The molecule has 0 saturated carbocycles. The van der Waals surface area contributed by atoms with Crippen LogP contribution in [0.5, 0.6) is 0 Å². The normalized spacial score (nSPS) is 8.18. The van der Waals surface area contributed by atoms with E-state index in [0.29, 0.717) is 0 Å². The van der Waals surface area contributed by atoms with Crippen LogP contribution < -0.4 is 51.4 Å². The first-order chi connectivity index (χ1) is 4.41. The molecule has 0 unspecified atom stereocenters. The van der Waals surface area contributed by atoms with E-state index in [1.54, 1.807) is 0 Å². The largest absolute Gasteiger partial charge is 1.00 e. The number of unbranched alkanes of at least 4 members (excludes halogenated alkanes) is 6. The molecular formula is C10H22K-. The van der Waals surface area contributed by atoms with Crippen molar-refractivity contribution in [1.29, 1.82) is 0 Å². The van der Waals surface area contributed by atoms with Gasteiger partial charge in [0.25, 0.3) is 0 Å². The van der Waals surface area contributed by atoms with E-state index in [1.165, 1.54) is 38.5 Å². The summed E-state index contributed by atoms with van der Waals surface area (Å²) in [7, 11) is 0. The van der Waals surface area contributed by atoms with Crippen molar-refractivity contribution in [3.8, 4) is 0 Å². The van der Waals surface area contributed by atoms with E-state index in [-0.39, 0.29) is 58.8 Å². The Morgan fingerprint density at radius 1 is 1.00 bits per heavy atom. The van der Waals surface area contributed by atoms with Crippen molar-refractivity contribution in [1.82, 2.24) is 0 Å². The molecule has 0 aromatic rings. The zero-order chi connectivity index (χ0) is 6.95.